The Kier molecular flexibility index (Phi) is 9.00. The normalized spacial score (nSPS) is 15.2. The van der Waals surface area contributed by atoms with Gasteiger partial charge in [0.1, 0.15) is 6.54 Å². The Morgan fingerprint density at radius 1 is 1.23 bits per heavy atom. The highest BCUT2D eigenvalue weighted by molar-refractivity contribution is 5.56. The van der Waals surface area contributed by atoms with E-state index in [1.165, 1.54) is 10.9 Å². The first kappa shape index (κ1) is 24.8. The quantitative estimate of drug-likeness (QED) is 0.643. The molecule has 1 aliphatic rings. The predicted octanol–water partition coefficient (Wildman–Crippen LogP) is 3.12. The van der Waals surface area contributed by atoms with E-state index in [4.69, 9.17) is 4.42 Å². The van der Waals surface area contributed by atoms with Crippen LogP contribution in [0.25, 0.3) is 11.3 Å². The average Bonchev–Trinajstić information content (AvgIpc) is 3.25. The third kappa shape index (κ3) is 7.62. The maximum atomic E-state index is 11.0. The third-order valence-corrected chi connectivity index (χ3v) is 4.94. The molecular weight excluding hydrogens is 411 g/mol. The summed E-state index contributed by atoms with van der Waals surface area (Å²) in [6, 6.07) is 2.15. The summed E-state index contributed by atoms with van der Waals surface area (Å²) in [7, 11) is 0. The molecule has 7 nitrogen and oxygen atoms in total. The minimum absolute atomic E-state index is 0.00743. The van der Waals surface area contributed by atoms with Crippen molar-refractivity contribution in [2.24, 2.45) is 0 Å². The molecule has 0 spiro atoms. The van der Waals surface area contributed by atoms with E-state index in [-0.39, 0.29) is 11.9 Å². The van der Waals surface area contributed by atoms with E-state index in [1.54, 1.807) is 0 Å². The summed E-state index contributed by atoms with van der Waals surface area (Å²) in [4.78, 5) is 20.6. The van der Waals surface area contributed by atoms with Crippen LogP contribution in [0, 0.1) is 0 Å². The number of hydrogen-bond donors (Lipinski definition) is 2. The van der Waals surface area contributed by atoms with Crippen molar-refractivity contribution in [1.29, 1.82) is 0 Å². The van der Waals surface area contributed by atoms with Crippen LogP contribution in [0.3, 0.4) is 0 Å². The molecule has 2 aromatic rings. The molecule has 10 heteroatoms. The van der Waals surface area contributed by atoms with E-state index in [1.807, 2.05) is 18.6 Å². The molecule has 0 aliphatic carbocycles. The van der Waals surface area contributed by atoms with Crippen LogP contribution in [0.5, 0.6) is 0 Å². The third-order valence-electron chi connectivity index (χ3n) is 4.94. The van der Waals surface area contributed by atoms with Crippen molar-refractivity contribution in [2.75, 3.05) is 32.7 Å². The number of halogens is 3. The van der Waals surface area contributed by atoms with E-state index in [0.29, 0.717) is 0 Å². The fourth-order valence-corrected chi connectivity index (χ4v) is 3.25. The predicted molar refractivity (Wildman–Crippen MR) is 111 cm³/mol. The number of nitrogens with one attached hydrogen (secondary N) is 2. The van der Waals surface area contributed by atoms with Gasteiger partial charge in [0.2, 0.25) is 12.3 Å². The molecule has 3 heterocycles. The van der Waals surface area contributed by atoms with Crippen molar-refractivity contribution in [2.45, 2.75) is 45.3 Å². The number of rotatable bonds is 7. The molecular formula is C21H30F3N5O2. The highest BCUT2D eigenvalue weighted by Crippen LogP contribution is 2.30. The van der Waals surface area contributed by atoms with Crippen LogP contribution < -0.4 is 10.6 Å². The van der Waals surface area contributed by atoms with Gasteiger partial charge in [0.05, 0.1) is 11.7 Å². The van der Waals surface area contributed by atoms with Crippen molar-refractivity contribution in [3.05, 3.63) is 36.1 Å². The first-order valence-electron chi connectivity index (χ1n) is 10.3. The monoisotopic (exact) mass is 441 g/mol. The van der Waals surface area contributed by atoms with Crippen LogP contribution in [0.1, 0.15) is 38.6 Å². The molecule has 1 saturated heterocycles. The van der Waals surface area contributed by atoms with Crippen LogP contribution in [-0.4, -0.2) is 60.2 Å². The van der Waals surface area contributed by atoms with Gasteiger partial charge in [-0.2, -0.15) is 13.2 Å². The molecule has 2 N–H and O–H groups in total. The average molecular weight is 441 g/mol. The number of nitrogens with zero attached hydrogens (tertiary/aromatic N) is 3. The van der Waals surface area contributed by atoms with Gasteiger partial charge in [-0.05, 0) is 31.9 Å². The molecule has 1 amide bonds. The lowest BCUT2D eigenvalue weighted by molar-refractivity contribution is -0.132. The summed E-state index contributed by atoms with van der Waals surface area (Å²) in [5.41, 5.74) is 2.05. The zero-order valence-electron chi connectivity index (χ0n) is 18.1. The zero-order chi connectivity index (χ0) is 22.9. The Bertz CT molecular complexity index is 817. The molecule has 172 valence electrons. The summed E-state index contributed by atoms with van der Waals surface area (Å²) in [5, 5.41) is 4.87. The molecule has 0 radical (unpaired) electrons. The van der Waals surface area contributed by atoms with Gasteiger partial charge >= 0.3 is 6.18 Å². The minimum atomic E-state index is -4.29. The maximum Gasteiger partial charge on any atom is 0.405 e. The maximum absolute atomic E-state index is 11.0. The Morgan fingerprint density at radius 3 is 2.52 bits per heavy atom. The number of carbonyl (C=O) groups is 1. The van der Waals surface area contributed by atoms with Gasteiger partial charge in [0, 0.05) is 44.1 Å². The highest BCUT2D eigenvalue weighted by atomic mass is 19.4. The molecule has 31 heavy (non-hydrogen) atoms. The van der Waals surface area contributed by atoms with Gasteiger partial charge in [-0.1, -0.05) is 13.3 Å². The molecule has 1 aliphatic heterocycles. The van der Waals surface area contributed by atoms with Crippen LogP contribution in [0.2, 0.25) is 0 Å². The number of hydrogen-bond acceptors (Lipinski definition) is 6. The van der Waals surface area contributed by atoms with Crippen LogP contribution >= 0.6 is 0 Å². The van der Waals surface area contributed by atoms with Gasteiger partial charge in [0.25, 0.3) is 0 Å². The van der Waals surface area contributed by atoms with E-state index in [9.17, 15) is 18.0 Å². The summed E-state index contributed by atoms with van der Waals surface area (Å²) >= 11 is 0. The summed E-state index contributed by atoms with van der Waals surface area (Å²) < 4.78 is 39.2. The number of oxazole rings is 1. The lowest BCUT2D eigenvalue weighted by Gasteiger charge is -2.38. The molecule has 3 rings (SSSR count). The molecule has 1 fully saturated rings. The number of carbonyl (C=O) groups excluding carboxylic acids is 1. The summed E-state index contributed by atoms with van der Waals surface area (Å²) in [5.74, 6) is 1.57. The van der Waals surface area contributed by atoms with Crippen molar-refractivity contribution in [3.63, 3.8) is 0 Å². The summed E-state index contributed by atoms with van der Waals surface area (Å²) in [6.07, 6.45) is 3.47. The summed E-state index contributed by atoms with van der Waals surface area (Å²) in [6.45, 7) is 9.33. The SMILES string of the molecule is CCCc1cncc(-c2cnc(C(C)(C)N3CCNCC3)o2)c1.O=CNCC(F)(F)F. The van der Waals surface area contributed by atoms with Gasteiger partial charge < -0.3 is 15.1 Å². The van der Waals surface area contributed by atoms with Crippen LogP contribution in [0.15, 0.2) is 29.1 Å². The second kappa shape index (κ2) is 11.2. The number of aryl methyl sites for hydroxylation is 1. The lowest BCUT2D eigenvalue weighted by atomic mass is 10.0. The first-order chi connectivity index (χ1) is 14.7. The molecule has 0 saturated carbocycles. The first-order valence-corrected chi connectivity index (χ1v) is 10.3. The van der Waals surface area contributed by atoms with E-state index < -0.39 is 12.7 Å². The van der Waals surface area contributed by atoms with E-state index in [2.05, 4.69) is 47.0 Å². The van der Waals surface area contributed by atoms with E-state index >= 15 is 0 Å². The highest BCUT2D eigenvalue weighted by Gasteiger charge is 2.34. The Labute approximate surface area is 180 Å². The Morgan fingerprint density at radius 2 is 1.94 bits per heavy atom. The Hall–Kier alpha value is -2.46. The fraction of sp³-hybridized carbons (Fsp3) is 0.571. The van der Waals surface area contributed by atoms with Crippen molar-refractivity contribution in [1.82, 2.24) is 25.5 Å². The van der Waals surface area contributed by atoms with Crippen molar-refractivity contribution >= 4 is 6.41 Å². The van der Waals surface area contributed by atoms with Crippen molar-refractivity contribution < 1.29 is 22.4 Å². The van der Waals surface area contributed by atoms with E-state index in [0.717, 1.165) is 56.2 Å². The van der Waals surface area contributed by atoms with Crippen LogP contribution in [-0.2, 0) is 16.8 Å². The number of amides is 1. The van der Waals surface area contributed by atoms with Gasteiger partial charge in [-0.3, -0.25) is 14.7 Å². The van der Waals surface area contributed by atoms with Gasteiger partial charge in [0.15, 0.2) is 5.76 Å². The molecule has 0 unspecified atom stereocenters. The topological polar surface area (TPSA) is 83.3 Å². The van der Waals surface area contributed by atoms with Gasteiger partial charge in [-0.15, -0.1) is 0 Å². The van der Waals surface area contributed by atoms with Crippen LogP contribution in [0.4, 0.5) is 13.2 Å². The number of piperazine rings is 1. The smallest absolute Gasteiger partial charge is 0.405 e. The van der Waals surface area contributed by atoms with Gasteiger partial charge in [-0.25, -0.2) is 4.98 Å². The largest absolute Gasteiger partial charge is 0.439 e. The zero-order valence-corrected chi connectivity index (χ0v) is 18.1. The number of alkyl halides is 3. The molecule has 0 aromatic carbocycles. The molecule has 0 bridgehead atoms. The number of pyridine rings is 1. The van der Waals surface area contributed by atoms with Crippen molar-refractivity contribution in [3.8, 4) is 11.3 Å². The molecule has 0 atom stereocenters. The minimum Gasteiger partial charge on any atom is -0.439 e. The Balaban J connectivity index is 0.000000366. The second-order valence-electron chi connectivity index (χ2n) is 7.77. The lowest BCUT2D eigenvalue weighted by Crippen LogP contribution is -2.51. The fourth-order valence-electron chi connectivity index (χ4n) is 3.25. The molecule has 2 aromatic heterocycles. The number of aromatic nitrogens is 2. The standard InChI is InChI=1S/C18H26N4O.C3H4F3NO/c1-4-5-14-10-15(12-20-11-14)16-13-21-17(23-16)18(2,3)22-8-6-19-7-9-22;4-3(5,6)1-7-2-8/h10-13,19H,4-9H2,1-3H3;2H,1H2,(H,7,8). The second-order valence-corrected chi connectivity index (χ2v) is 7.77.